The van der Waals surface area contributed by atoms with E-state index in [-0.39, 0.29) is 5.91 Å². The van der Waals surface area contributed by atoms with Gasteiger partial charge in [-0.05, 0) is 25.5 Å². The van der Waals surface area contributed by atoms with Crippen LogP contribution in [0.15, 0.2) is 18.2 Å². The van der Waals surface area contributed by atoms with E-state index in [1.165, 1.54) is 0 Å². The van der Waals surface area contributed by atoms with E-state index in [0.29, 0.717) is 12.6 Å². The fraction of sp³-hybridized carbons (Fsp3) is 0.682. The van der Waals surface area contributed by atoms with E-state index < -0.39 is 0 Å². The van der Waals surface area contributed by atoms with Crippen molar-refractivity contribution in [3.63, 3.8) is 0 Å². The summed E-state index contributed by atoms with van der Waals surface area (Å²) in [5.41, 5.74) is 1.13. The Hall–Kier alpha value is -1.99. The Morgan fingerprint density at radius 2 is 1.62 bits per heavy atom. The average Bonchev–Trinajstić information content (AvgIpc) is 2.78. The molecule has 2 heterocycles. The molecule has 0 bridgehead atoms. The first-order valence-corrected chi connectivity index (χ1v) is 10.8. The third-order valence-corrected chi connectivity index (χ3v) is 6.34. The van der Waals surface area contributed by atoms with E-state index in [1.807, 2.05) is 17.0 Å². The van der Waals surface area contributed by atoms with Crippen LogP contribution in [0.4, 0.5) is 5.69 Å². The largest absolute Gasteiger partial charge is 0.493 e. The molecule has 1 aromatic rings. The number of hydrogen-bond donors (Lipinski definition) is 0. The minimum absolute atomic E-state index is 0.272. The van der Waals surface area contributed by atoms with Crippen molar-refractivity contribution in [2.45, 2.75) is 26.3 Å². The highest BCUT2D eigenvalue weighted by atomic mass is 16.5. The zero-order valence-electron chi connectivity index (χ0n) is 18.4. The molecule has 0 spiro atoms. The molecule has 7 nitrogen and oxygen atoms in total. The third-order valence-electron chi connectivity index (χ3n) is 6.34. The standard InChI is InChI=1S/C22H36N4O3/c1-5-18(2)24-12-14-26(15-13-24)22(27)17-23-8-10-25(11-9-23)19-6-7-20(28-3)21(16-19)29-4/h6-7,16,18H,5,8-15,17H2,1-4H3. The van der Waals surface area contributed by atoms with E-state index in [9.17, 15) is 4.79 Å². The fourth-order valence-corrected chi connectivity index (χ4v) is 4.15. The summed E-state index contributed by atoms with van der Waals surface area (Å²) < 4.78 is 10.7. The van der Waals surface area contributed by atoms with Crippen molar-refractivity contribution in [1.29, 1.82) is 0 Å². The second kappa shape index (κ2) is 10.2. The van der Waals surface area contributed by atoms with Gasteiger partial charge in [-0.25, -0.2) is 0 Å². The van der Waals surface area contributed by atoms with Gasteiger partial charge in [0.1, 0.15) is 0 Å². The molecule has 0 aliphatic carbocycles. The van der Waals surface area contributed by atoms with Gasteiger partial charge in [0.15, 0.2) is 11.5 Å². The summed E-state index contributed by atoms with van der Waals surface area (Å²) in [6.07, 6.45) is 1.16. The van der Waals surface area contributed by atoms with Crippen molar-refractivity contribution in [1.82, 2.24) is 14.7 Å². The zero-order chi connectivity index (χ0) is 20.8. The first-order chi connectivity index (χ1) is 14.0. The highest BCUT2D eigenvalue weighted by molar-refractivity contribution is 5.78. The number of ether oxygens (including phenoxy) is 2. The molecule has 29 heavy (non-hydrogen) atoms. The molecule has 2 saturated heterocycles. The Morgan fingerprint density at radius 3 is 2.21 bits per heavy atom. The molecule has 7 heteroatoms. The number of carbonyl (C=O) groups is 1. The Morgan fingerprint density at radius 1 is 0.966 bits per heavy atom. The quantitative estimate of drug-likeness (QED) is 0.690. The van der Waals surface area contributed by atoms with Crippen LogP contribution in [-0.2, 0) is 4.79 Å². The van der Waals surface area contributed by atoms with Gasteiger partial charge >= 0.3 is 0 Å². The lowest BCUT2D eigenvalue weighted by Crippen LogP contribution is -2.55. The number of carbonyl (C=O) groups excluding carboxylic acids is 1. The molecule has 1 amide bonds. The van der Waals surface area contributed by atoms with Gasteiger partial charge in [-0.3, -0.25) is 14.6 Å². The molecular weight excluding hydrogens is 368 g/mol. The molecule has 162 valence electrons. The van der Waals surface area contributed by atoms with Crippen LogP contribution in [0.3, 0.4) is 0 Å². The second-order valence-corrected chi connectivity index (χ2v) is 7.98. The molecule has 2 fully saturated rings. The maximum Gasteiger partial charge on any atom is 0.236 e. The second-order valence-electron chi connectivity index (χ2n) is 7.98. The summed E-state index contributed by atoms with van der Waals surface area (Å²) in [7, 11) is 3.31. The van der Waals surface area contributed by atoms with Gasteiger partial charge in [-0.1, -0.05) is 6.92 Å². The lowest BCUT2D eigenvalue weighted by molar-refractivity contribution is -0.134. The van der Waals surface area contributed by atoms with Crippen molar-refractivity contribution < 1.29 is 14.3 Å². The fourth-order valence-electron chi connectivity index (χ4n) is 4.15. The molecule has 1 atom stereocenters. The van der Waals surface area contributed by atoms with Gasteiger partial charge in [0.05, 0.1) is 20.8 Å². The van der Waals surface area contributed by atoms with Gasteiger partial charge < -0.3 is 19.3 Å². The lowest BCUT2D eigenvalue weighted by atomic mass is 10.2. The molecule has 0 N–H and O–H groups in total. The van der Waals surface area contributed by atoms with Crippen LogP contribution in [0.2, 0.25) is 0 Å². The Bertz CT molecular complexity index is 668. The normalized spacial score (nSPS) is 19.9. The zero-order valence-corrected chi connectivity index (χ0v) is 18.4. The van der Waals surface area contributed by atoms with Crippen LogP contribution >= 0.6 is 0 Å². The summed E-state index contributed by atoms with van der Waals surface area (Å²) in [4.78, 5) is 21.9. The molecule has 0 radical (unpaired) electrons. The summed E-state index contributed by atoms with van der Waals surface area (Å²) in [5.74, 6) is 1.77. The maximum absolute atomic E-state index is 12.7. The number of methoxy groups -OCH3 is 2. The number of piperazine rings is 2. The topological polar surface area (TPSA) is 48.5 Å². The average molecular weight is 405 g/mol. The van der Waals surface area contributed by atoms with Crippen LogP contribution < -0.4 is 14.4 Å². The third kappa shape index (κ3) is 5.34. The summed E-state index contributed by atoms with van der Waals surface area (Å²) in [5, 5.41) is 0. The van der Waals surface area contributed by atoms with Crippen molar-refractivity contribution in [3.05, 3.63) is 18.2 Å². The van der Waals surface area contributed by atoms with Gasteiger partial charge in [0, 0.05) is 70.2 Å². The van der Waals surface area contributed by atoms with Gasteiger partial charge in [-0.15, -0.1) is 0 Å². The number of benzene rings is 1. The Labute approximate surface area is 175 Å². The lowest BCUT2D eigenvalue weighted by Gasteiger charge is -2.40. The number of anilines is 1. The molecule has 0 aromatic heterocycles. The van der Waals surface area contributed by atoms with Crippen LogP contribution in [-0.4, -0.2) is 99.8 Å². The SMILES string of the molecule is CCC(C)N1CCN(C(=O)CN2CCN(c3ccc(OC)c(OC)c3)CC2)CC1. The minimum Gasteiger partial charge on any atom is -0.493 e. The predicted octanol–water partition coefficient (Wildman–Crippen LogP) is 1.77. The first-order valence-electron chi connectivity index (χ1n) is 10.8. The van der Waals surface area contributed by atoms with Crippen molar-refractivity contribution in [3.8, 4) is 11.5 Å². The van der Waals surface area contributed by atoms with Crippen LogP contribution in [0.5, 0.6) is 11.5 Å². The van der Waals surface area contributed by atoms with E-state index in [2.05, 4.69) is 34.6 Å². The predicted molar refractivity (Wildman–Crippen MR) is 116 cm³/mol. The molecule has 2 aliphatic heterocycles. The molecule has 3 rings (SSSR count). The highest BCUT2D eigenvalue weighted by Crippen LogP contribution is 2.31. The summed E-state index contributed by atoms with van der Waals surface area (Å²) in [6.45, 7) is 12.3. The van der Waals surface area contributed by atoms with Crippen LogP contribution in [0.1, 0.15) is 20.3 Å². The molecule has 0 saturated carbocycles. The molecular formula is C22H36N4O3. The number of amides is 1. The molecule has 1 unspecified atom stereocenters. The monoisotopic (exact) mass is 404 g/mol. The molecule has 1 aromatic carbocycles. The van der Waals surface area contributed by atoms with Crippen LogP contribution in [0.25, 0.3) is 0 Å². The highest BCUT2D eigenvalue weighted by Gasteiger charge is 2.26. The molecule has 2 aliphatic rings. The summed E-state index contributed by atoms with van der Waals surface area (Å²) >= 11 is 0. The van der Waals surface area contributed by atoms with Crippen LogP contribution in [0, 0.1) is 0 Å². The smallest absolute Gasteiger partial charge is 0.236 e. The minimum atomic E-state index is 0.272. The van der Waals surface area contributed by atoms with E-state index in [0.717, 1.165) is 76.0 Å². The van der Waals surface area contributed by atoms with Gasteiger partial charge in [0.25, 0.3) is 0 Å². The van der Waals surface area contributed by atoms with E-state index in [4.69, 9.17) is 9.47 Å². The number of hydrogen-bond acceptors (Lipinski definition) is 6. The Kier molecular flexibility index (Phi) is 7.61. The number of nitrogens with zero attached hydrogens (tertiary/aromatic N) is 4. The van der Waals surface area contributed by atoms with E-state index >= 15 is 0 Å². The number of rotatable bonds is 7. The summed E-state index contributed by atoms with van der Waals surface area (Å²) in [6, 6.07) is 6.65. The van der Waals surface area contributed by atoms with Gasteiger partial charge in [-0.2, -0.15) is 0 Å². The van der Waals surface area contributed by atoms with Crippen molar-refractivity contribution >= 4 is 11.6 Å². The first kappa shape index (κ1) is 21.7. The Balaban J connectivity index is 1.46. The van der Waals surface area contributed by atoms with Crippen molar-refractivity contribution in [2.24, 2.45) is 0 Å². The maximum atomic E-state index is 12.7. The van der Waals surface area contributed by atoms with Crippen molar-refractivity contribution in [2.75, 3.05) is 78.0 Å². The van der Waals surface area contributed by atoms with E-state index in [1.54, 1.807) is 14.2 Å². The van der Waals surface area contributed by atoms with Gasteiger partial charge in [0.2, 0.25) is 5.91 Å².